The average molecular weight is 445 g/mol. The molecule has 32 heavy (non-hydrogen) atoms. The molecule has 0 radical (unpaired) electrons. The largest absolute Gasteiger partial charge is 0.433 e. The van der Waals surface area contributed by atoms with Gasteiger partial charge >= 0.3 is 6.18 Å². The van der Waals surface area contributed by atoms with Gasteiger partial charge in [0.1, 0.15) is 17.1 Å². The molecule has 0 spiro atoms. The fraction of sp³-hybridized carbons (Fsp3) is 0.318. The SMILES string of the molecule is NC1(c2nccc(C(F)(F)F)n2)C=CC2=NC(N)(C3CCc4cc(F)ccc43)OCC2=C1. The van der Waals surface area contributed by atoms with Gasteiger partial charge in [0, 0.05) is 17.7 Å². The van der Waals surface area contributed by atoms with Crippen LogP contribution in [0.5, 0.6) is 0 Å². The van der Waals surface area contributed by atoms with Crippen molar-refractivity contribution in [3.05, 3.63) is 82.7 Å². The topological polar surface area (TPSA) is 99.4 Å². The first-order valence-electron chi connectivity index (χ1n) is 9.99. The monoisotopic (exact) mass is 445 g/mol. The van der Waals surface area contributed by atoms with E-state index in [1.807, 2.05) is 0 Å². The molecule has 5 rings (SSSR count). The molecular formula is C22H19F4N5O. The third kappa shape index (κ3) is 3.44. The van der Waals surface area contributed by atoms with Gasteiger partial charge in [-0.15, -0.1) is 0 Å². The molecule has 0 saturated carbocycles. The third-order valence-corrected chi connectivity index (χ3v) is 6.03. The first-order chi connectivity index (χ1) is 15.1. The number of nitrogens with two attached hydrogens (primary N) is 2. The molecule has 1 aliphatic heterocycles. The van der Waals surface area contributed by atoms with Crippen LogP contribution in [0.25, 0.3) is 0 Å². The van der Waals surface area contributed by atoms with E-state index in [0.29, 0.717) is 24.1 Å². The van der Waals surface area contributed by atoms with Gasteiger partial charge in [0.05, 0.1) is 12.3 Å². The molecule has 1 aromatic carbocycles. The average Bonchev–Trinajstić information content (AvgIpc) is 3.17. The first-order valence-corrected chi connectivity index (χ1v) is 9.99. The van der Waals surface area contributed by atoms with E-state index < -0.39 is 23.3 Å². The van der Waals surface area contributed by atoms with Crippen LogP contribution in [0.2, 0.25) is 0 Å². The molecule has 166 valence electrons. The summed E-state index contributed by atoms with van der Waals surface area (Å²) in [7, 11) is 0. The van der Waals surface area contributed by atoms with Gasteiger partial charge < -0.3 is 10.5 Å². The van der Waals surface area contributed by atoms with Gasteiger partial charge in [-0.05, 0) is 54.3 Å². The standard InChI is InChI=1S/C22H19F4N5O/c23-14-2-3-15-12(9-14)1-4-16(15)22(28)31-17-5-7-20(27,10-13(17)11-32-22)19-29-8-6-18(30-19)21(24,25)26/h2-3,5-10,16H,1,4,11,27-28H2. The minimum Gasteiger partial charge on any atom is -0.336 e. The van der Waals surface area contributed by atoms with E-state index in [1.165, 1.54) is 18.2 Å². The number of rotatable bonds is 2. The molecule has 6 nitrogen and oxygen atoms in total. The molecule has 3 atom stereocenters. The zero-order chi connectivity index (χ0) is 22.7. The lowest BCUT2D eigenvalue weighted by atomic mass is 9.87. The number of alkyl halides is 3. The van der Waals surface area contributed by atoms with Gasteiger partial charge in [0.25, 0.3) is 0 Å². The second-order valence-electron chi connectivity index (χ2n) is 8.17. The Morgan fingerprint density at radius 2 is 1.97 bits per heavy atom. The van der Waals surface area contributed by atoms with Gasteiger partial charge in [-0.1, -0.05) is 12.1 Å². The Hall–Kier alpha value is -2.95. The van der Waals surface area contributed by atoms with Crippen molar-refractivity contribution >= 4 is 5.71 Å². The maximum Gasteiger partial charge on any atom is 0.433 e. The first kappa shape index (κ1) is 20.9. The number of aliphatic imine (C=N–C) groups is 1. The molecule has 0 fully saturated rings. The van der Waals surface area contributed by atoms with E-state index in [2.05, 4.69) is 15.0 Å². The van der Waals surface area contributed by atoms with E-state index in [4.69, 9.17) is 16.2 Å². The summed E-state index contributed by atoms with van der Waals surface area (Å²) in [4.78, 5) is 12.2. The minimum absolute atomic E-state index is 0.0601. The lowest BCUT2D eigenvalue weighted by Gasteiger charge is -2.38. The summed E-state index contributed by atoms with van der Waals surface area (Å²) in [6.07, 6.45) is 2.38. The highest BCUT2D eigenvalue weighted by atomic mass is 19.4. The number of halogens is 4. The van der Waals surface area contributed by atoms with Crippen LogP contribution in [0.3, 0.4) is 0 Å². The van der Waals surface area contributed by atoms with Crippen LogP contribution in [0.15, 0.2) is 59.3 Å². The number of nitrogens with zero attached hydrogens (tertiary/aromatic N) is 3. The highest BCUT2D eigenvalue weighted by Crippen LogP contribution is 2.43. The van der Waals surface area contributed by atoms with E-state index in [9.17, 15) is 17.6 Å². The predicted octanol–water partition coefficient (Wildman–Crippen LogP) is 3.10. The number of aromatic nitrogens is 2. The predicted molar refractivity (Wildman–Crippen MR) is 108 cm³/mol. The quantitative estimate of drug-likeness (QED) is 0.692. The number of fused-ring (bicyclic) bond motifs is 2. The molecule has 10 heteroatoms. The maximum atomic E-state index is 13.6. The fourth-order valence-corrected chi connectivity index (χ4v) is 4.43. The second kappa shape index (κ2) is 7.03. The smallest absolute Gasteiger partial charge is 0.336 e. The molecule has 1 aromatic heterocycles. The lowest BCUT2D eigenvalue weighted by molar-refractivity contribution is -0.141. The van der Waals surface area contributed by atoms with Gasteiger partial charge in [0.15, 0.2) is 5.82 Å². The van der Waals surface area contributed by atoms with E-state index in [1.54, 1.807) is 18.2 Å². The molecule has 2 aromatic rings. The van der Waals surface area contributed by atoms with Crippen LogP contribution < -0.4 is 11.5 Å². The summed E-state index contributed by atoms with van der Waals surface area (Å²) >= 11 is 0. The van der Waals surface area contributed by atoms with Crippen molar-refractivity contribution in [2.45, 2.75) is 36.3 Å². The van der Waals surface area contributed by atoms with Crippen LogP contribution in [0, 0.1) is 5.82 Å². The highest BCUT2D eigenvalue weighted by molar-refractivity contribution is 6.10. The van der Waals surface area contributed by atoms with Crippen molar-refractivity contribution < 1.29 is 22.3 Å². The zero-order valence-corrected chi connectivity index (χ0v) is 16.7. The van der Waals surface area contributed by atoms with Crippen molar-refractivity contribution in [1.82, 2.24) is 9.97 Å². The molecule has 3 unspecified atom stereocenters. The summed E-state index contributed by atoms with van der Waals surface area (Å²) < 4.78 is 58.6. The normalized spacial score (nSPS) is 29.2. The van der Waals surface area contributed by atoms with Crippen LogP contribution in [-0.2, 0) is 22.9 Å². The zero-order valence-electron chi connectivity index (χ0n) is 16.7. The molecule has 3 aliphatic rings. The highest BCUT2D eigenvalue weighted by Gasteiger charge is 2.45. The van der Waals surface area contributed by atoms with E-state index in [-0.39, 0.29) is 24.2 Å². The Labute approximate surface area is 180 Å². The van der Waals surface area contributed by atoms with Crippen molar-refractivity contribution in [1.29, 1.82) is 0 Å². The molecule has 0 amide bonds. The summed E-state index contributed by atoms with van der Waals surface area (Å²) in [6.45, 7) is 0.0601. The number of hydrogen-bond donors (Lipinski definition) is 2. The Kier molecular flexibility index (Phi) is 4.59. The van der Waals surface area contributed by atoms with E-state index >= 15 is 0 Å². The van der Waals surface area contributed by atoms with Crippen LogP contribution in [-0.4, -0.2) is 28.1 Å². The van der Waals surface area contributed by atoms with Crippen molar-refractivity contribution in [3.63, 3.8) is 0 Å². The number of benzene rings is 1. The van der Waals surface area contributed by atoms with Crippen LogP contribution in [0.4, 0.5) is 17.6 Å². The number of aryl methyl sites for hydroxylation is 1. The maximum absolute atomic E-state index is 13.6. The Bertz CT molecular complexity index is 1190. The summed E-state index contributed by atoms with van der Waals surface area (Å²) in [5, 5.41) is 0. The molecule has 0 bridgehead atoms. The number of allylic oxidation sites excluding steroid dienone is 1. The Morgan fingerprint density at radius 3 is 2.75 bits per heavy atom. The summed E-state index contributed by atoms with van der Waals surface area (Å²) in [5.41, 5.74) is 13.2. The second-order valence-corrected chi connectivity index (χ2v) is 8.17. The van der Waals surface area contributed by atoms with Crippen molar-refractivity contribution in [2.24, 2.45) is 16.5 Å². The van der Waals surface area contributed by atoms with Gasteiger partial charge in [0.2, 0.25) is 5.85 Å². The molecule has 4 N–H and O–H groups in total. The Morgan fingerprint density at radius 1 is 1.16 bits per heavy atom. The van der Waals surface area contributed by atoms with Crippen molar-refractivity contribution in [2.75, 3.05) is 6.61 Å². The van der Waals surface area contributed by atoms with E-state index in [0.717, 1.165) is 23.4 Å². The molecule has 2 heterocycles. The van der Waals surface area contributed by atoms with Crippen molar-refractivity contribution in [3.8, 4) is 0 Å². The minimum atomic E-state index is -4.61. The lowest BCUT2D eigenvalue weighted by Crippen LogP contribution is -2.51. The van der Waals surface area contributed by atoms with Gasteiger partial charge in [-0.25, -0.2) is 19.4 Å². The molecule has 0 saturated heterocycles. The molecule has 2 aliphatic carbocycles. The fourth-order valence-electron chi connectivity index (χ4n) is 4.43. The number of hydrogen-bond acceptors (Lipinski definition) is 6. The van der Waals surface area contributed by atoms with Crippen LogP contribution in [0.1, 0.15) is 35.0 Å². The summed E-state index contributed by atoms with van der Waals surface area (Å²) in [6, 6.07) is 5.38. The molecular weight excluding hydrogens is 426 g/mol. The third-order valence-electron chi connectivity index (χ3n) is 6.03. The summed E-state index contributed by atoms with van der Waals surface area (Å²) in [5.74, 6) is -2.09. The van der Waals surface area contributed by atoms with Crippen LogP contribution >= 0.6 is 0 Å². The Balaban J connectivity index is 1.46. The van der Waals surface area contributed by atoms with Gasteiger partial charge in [-0.2, -0.15) is 13.2 Å². The number of ether oxygens (including phenoxy) is 1. The van der Waals surface area contributed by atoms with Gasteiger partial charge in [-0.3, -0.25) is 5.73 Å².